The fraction of sp³-hybridized carbons (Fsp3) is 0. The Morgan fingerprint density at radius 2 is 2.11 bits per heavy atom. The normalized spacial score (nSPS) is 10.6. The molecular weight excluding hydrogens is 264 g/mol. The lowest BCUT2D eigenvalue weighted by Gasteiger charge is -2.04. The smallest absolute Gasteiger partial charge is 0.291 e. The van der Waals surface area contributed by atoms with Gasteiger partial charge in [0.25, 0.3) is 5.91 Å². The number of halogens is 1. The number of anilines is 1. The van der Waals surface area contributed by atoms with Gasteiger partial charge in [0.05, 0.1) is 5.52 Å². The van der Waals surface area contributed by atoms with Gasteiger partial charge in [-0.15, -0.1) is 0 Å². The van der Waals surface area contributed by atoms with Crippen molar-refractivity contribution >= 4 is 34.1 Å². The monoisotopic (exact) mass is 272 g/mol. The van der Waals surface area contributed by atoms with Crippen molar-refractivity contribution in [3.8, 4) is 0 Å². The van der Waals surface area contributed by atoms with Crippen LogP contribution in [-0.2, 0) is 0 Å². The number of nitrogens with zero attached hydrogens (tertiary/aromatic N) is 1. The summed E-state index contributed by atoms with van der Waals surface area (Å²) in [6, 6.07) is 12.3. The standard InChI is InChI=1S/C14H9ClN2O2/c15-13-6-5-12(19-13)14(18)17-10-3-4-11-9(8-10)2-1-7-16-11/h1-8H,(H,17,18). The molecule has 0 saturated heterocycles. The highest BCUT2D eigenvalue weighted by Crippen LogP contribution is 2.19. The van der Waals surface area contributed by atoms with E-state index in [0.717, 1.165) is 10.9 Å². The van der Waals surface area contributed by atoms with Gasteiger partial charge in [-0.2, -0.15) is 0 Å². The fourth-order valence-corrected chi connectivity index (χ4v) is 1.93. The number of amides is 1. The molecule has 0 saturated carbocycles. The van der Waals surface area contributed by atoms with Crippen LogP contribution in [0.25, 0.3) is 10.9 Å². The number of furan rings is 1. The number of carbonyl (C=O) groups is 1. The number of carbonyl (C=O) groups excluding carboxylic acids is 1. The molecule has 0 fully saturated rings. The quantitative estimate of drug-likeness (QED) is 0.773. The fourth-order valence-electron chi connectivity index (χ4n) is 1.78. The van der Waals surface area contributed by atoms with Crippen LogP contribution in [0.1, 0.15) is 10.6 Å². The minimum absolute atomic E-state index is 0.177. The first-order chi connectivity index (χ1) is 9.22. The van der Waals surface area contributed by atoms with Crippen molar-refractivity contribution in [2.45, 2.75) is 0 Å². The number of rotatable bonds is 2. The lowest BCUT2D eigenvalue weighted by atomic mass is 10.2. The zero-order valence-electron chi connectivity index (χ0n) is 9.76. The third-order valence-electron chi connectivity index (χ3n) is 2.66. The predicted octanol–water partition coefficient (Wildman–Crippen LogP) is 3.73. The second-order valence-electron chi connectivity index (χ2n) is 3.97. The summed E-state index contributed by atoms with van der Waals surface area (Å²) in [5.74, 6) is -0.161. The summed E-state index contributed by atoms with van der Waals surface area (Å²) in [5.41, 5.74) is 1.56. The van der Waals surface area contributed by atoms with Gasteiger partial charge in [-0.3, -0.25) is 9.78 Å². The van der Waals surface area contributed by atoms with Crippen LogP contribution in [-0.4, -0.2) is 10.9 Å². The summed E-state index contributed by atoms with van der Waals surface area (Å²) in [5, 5.41) is 3.89. The van der Waals surface area contributed by atoms with E-state index in [1.54, 1.807) is 12.3 Å². The number of pyridine rings is 1. The molecule has 0 atom stereocenters. The van der Waals surface area contributed by atoms with Crippen LogP contribution in [0.5, 0.6) is 0 Å². The Balaban J connectivity index is 1.87. The molecule has 19 heavy (non-hydrogen) atoms. The molecule has 0 spiro atoms. The number of benzene rings is 1. The van der Waals surface area contributed by atoms with Crippen molar-refractivity contribution in [2.24, 2.45) is 0 Å². The molecule has 94 valence electrons. The van der Waals surface area contributed by atoms with E-state index < -0.39 is 0 Å². The molecule has 0 unspecified atom stereocenters. The van der Waals surface area contributed by atoms with Crippen molar-refractivity contribution < 1.29 is 9.21 Å². The molecule has 1 N–H and O–H groups in total. The van der Waals surface area contributed by atoms with E-state index in [1.165, 1.54) is 12.1 Å². The van der Waals surface area contributed by atoms with Crippen molar-refractivity contribution in [1.29, 1.82) is 0 Å². The number of fused-ring (bicyclic) bond motifs is 1. The molecule has 1 aromatic carbocycles. The minimum atomic E-state index is -0.338. The van der Waals surface area contributed by atoms with E-state index in [1.807, 2.05) is 24.3 Å². The van der Waals surface area contributed by atoms with Crippen LogP contribution in [0, 0.1) is 0 Å². The van der Waals surface area contributed by atoms with Gasteiger partial charge < -0.3 is 9.73 Å². The second kappa shape index (κ2) is 4.74. The Bertz CT molecular complexity index is 752. The zero-order chi connectivity index (χ0) is 13.2. The topological polar surface area (TPSA) is 55.1 Å². The summed E-state index contributed by atoms with van der Waals surface area (Å²) in [7, 11) is 0. The van der Waals surface area contributed by atoms with Crippen LogP contribution in [0.4, 0.5) is 5.69 Å². The maximum Gasteiger partial charge on any atom is 0.291 e. The summed E-state index contributed by atoms with van der Waals surface area (Å²) >= 11 is 5.63. The summed E-state index contributed by atoms with van der Waals surface area (Å²) in [4.78, 5) is 16.1. The third-order valence-corrected chi connectivity index (χ3v) is 2.86. The first kappa shape index (κ1) is 11.7. The van der Waals surface area contributed by atoms with Crippen LogP contribution in [0.3, 0.4) is 0 Å². The maximum atomic E-state index is 11.9. The molecule has 2 heterocycles. The maximum absolute atomic E-state index is 11.9. The minimum Gasteiger partial charge on any atom is -0.440 e. The molecule has 0 aliphatic carbocycles. The van der Waals surface area contributed by atoms with Crippen LogP contribution < -0.4 is 5.32 Å². The molecule has 0 radical (unpaired) electrons. The van der Waals surface area contributed by atoms with Gasteiger partial charge in [0.2, 0.25) is 0 Å². The van der Waals surface area contributed by atoms with Gasteiger partial charge in [0.15, 0.2) is 11.0 Å². The SMILES string of the molecule is O=C(Nc1ccc2ncccc2c1)c1ccc(Cl)o1. The van der Waals surface area contributed by atoms with Crippen molar-refractivity contribution in [2.75, 3.05) is 5.32 Å². The summed E-state index contributed by atoms with van der Waals surface area (Å²) < 4.78 is 5.05. The highest BCUT2D eigenvalue weighted by molar-refractivity contribution is 6.29. The van der Waals surface area contributed by atoms with E-state index in [9.17, 15) is 4.79 Å². The average molecular weight is 273 g/mol. The van der Waals surface area contributed by atoms with E-state index in [4.69, 9.17) is 16.0 Å². The number of nitrogens with one attached hydrogen (secondary N) is 1. The van der Waals surface area contributed by atoms with E-state index >= 15 is 0 Å². The second-order valence-corrected chi connectivity index (χ2v) is 4.34. The Kier molecular flexibility index (Phi) is 2.93. The summed E-state index contributed by atoms with van der Waals surface area (Å²) in [6.07, 6.45) is 1.73. The van der Waals surface area contributed by atoms with Crippen LogP contribution >= 0.6 is 11.6 Å². The highest BCUT2D eigenvalue weighted by Gasteiger charge is 2.10. The van der Waals surface area contributed by atoms with Crippen molar-refractivity contribution in [1.82, 2.24) is 4.98 Å². The van der Waals surface area contributed by atoms with Gasteiger partial charge in [-0.1, -0.05) is 6.07 Å². The van der Waals surface area contributed by atoms with Gasteiger partial charge in [-0.25, -0.2) is 0 Å². The number of aromatic nitrogens is 1. The molecule has 0 aliphatic rings. The largest absolute Gasteiger partial charge is 0.440 e. The van der Waals surface area contributed by atoms with Crippen molar-refractivity contribution in [3.63, 3.8) is 0 Å². The third kappa shape index (κ3) is 2.44. The number of hydrogen-bond acceptors (Lipinski definition) is 3. The van der Waals surface area contributed by atoms with Gasteiger partial charge >= 0.3 is 0 Å². The highest BCUT2D eigenvalue weighted by atomic mass is 35.5. The molecule has 0 bridgehead atoms. The Morgan fingerprint density at radius 1 is 1.21 bits per heavy atom. The Hall–Kier alpha value is -2.33. The zero-order valence-corrected chi connectivity index (χ0v) is 10.5. The number of hydrogen-bond donors (Lipinski definition) is 1. The predicted molar refractivity (Wildman–Crippen MR) is 73.4 cm³/mol. The molecule has 1 amide bonds. The van der Waals surface area contributed by atoms with Gasteiger partial charge in [0, 0.05) is 17.3 Å². The first-order valence-corrected chi connectivity index (χ1v) is 6.02. The molecule has 3 aromatic rings. The molecule has 0 aliphatic heterocycles. The van der Waals surface area contributed by atoms with E-state index in [-0.39, 0.29) is 16.9 Å². The van der Waals surface area contributed by atoms with E-state index in [0.29, 0.717) is 5.69 Å². The molecule has 3 rings (SSSR count). The lowest BCUT2D eigenvalue weighted by molar-refractivity contribution is 0.0997. The van der Waals surface area contributed by atoms with Crippen molar-refractivity contribution in [3.05, 3.63) is 59.6 Å². The molecule has 4 nitrogen and oxygen atoms in total. The van der Waals surface area contributed by atoms with Crippen LogP contribution in [0.15, 0.2) is 53.1 Å². The van der Waals surface area contributed by atoms with Crippen LogP contribution in [0.2, 0.25) is 5.22 Å². The lowest BCUT2D eigenvalue weighted by Crippen LogP contribution is -2.10. The van der Waals surface area contributed by atoms with Gasteiger partial charge in [0.1, 0.15) is 0 Å². The molecule has 5 heteroatoms. The molecular formula is C14H9ClN2O2. The average Bonchev–Trinajstić information content (AvgIpc) is 2.85. The Morgan fingerprint density at radius 3 is 2.89 bits per heavy atom. The molecule has 2 aromatic heterocycles. The first-order valence-electron chi connectivity index (χ1n) is 5.64. The Labute approximate surface area is 114 Å². The van der Waals surface area contributed by atoms with Gasteiger partial charge in [-0.05, 0) is 48.0 Å². The van der Waals surface area contributed by atoms with E-state index in [2.05, 4.69) is 10.3 Å². The summed E-state index contributed by atoms with van der Waals surface area (Å²) in [6.45, 7) is 0.